The first-order valence-electron chi connectivity index (χ1n) is 9.31. The van der Waals surface area contributed by atoms with Crippen molar-refractivity contribution in [3.8, 4) is 5.75 Å². The molecule has 3 aliphatic rings. The molecule has 1 saturated heterocycles. The summed E-state index contributed by atoms with van der Waals surface area (Å²) in [4.78, 5) is 22.3. The van der Waals surface area contributed by atoms with E-state index in [1.807, 2.05) is 30.9 Å². The molecule has 1 aromatic carbocycles. The third-order valence-electron chi connectivity index (χ3n) is 6.25. The summed E-state index contributed by atoms with van der Waals surface area (Å²) in [7, 11) is 1.70. The molecule has 4 rings (SSSR count). The molecule has 2 heterocycles. The Balaban J connectivity index is 1.51. The molecule has 2 fully saturated rings. The number of rotatable bonds is 4. The van der Waals surface area contributed by atoms with Gasteiger partial charge in [0.1, 0.15) is 17.1 Å². The molecule has 1 saturated carbocycles. The highest BCUT2D eigenvalue weighted by Crippen LogP contribution is 2.50. The molecule has 0 bridgehead atoms. The van der Waals surface area contributed by atoms with Crippen molar-refractivity contribution in [3.63, 3.8) is 0 Å². The van der Waals surface area contributed by atoms with Crippen molar-refractivity contribution in [3.05, 3.63) is 29.8 Å². The van der Waals surface area contributed by atoms with E-state index >= 15 is 0 Å². The topological polar surface area (TPSA) is 45.1 Å². The highest BCUT2D eigenvalue weighted by Gasteiger charge is 2.60. The van der Waals surface area contributed by atoms with E-state index in [2.05, 4.69) is 17.0 Å². The number of hydrogen-bond acceptors (Lipinski definition) is 4. The number of methoxy groups -OCH3 is 1. The van der Waals surface area contributed by atoms with Crippen LogP contribution in [0.4, 0.5) is 0 Å². The summed E-state index contributed by atoms with van der Waals surface area (Å²) in [5.41, 5.74) is 0.787. The van der Waals surface area contributed by atoms with Gasteiger partial charge in [-0.2, -0.15) is 0 Å². The van der Waals surface area contributed by atoms with Gasteiger partial charge in [-0.25, -0.2) is 0 Å². The minimum atomic E-state index is -0.478. The van der Waals surface area contributed by atoms with E-state index in [0.717, 1.165) is 50.6 Å². The maximum Gasteiger partial charge on any atom is 0.256 e. The Morgan fingerprint density at radius 2 is 2.20 bits per heavy atom. The Morgan fingerprint density at radius 1 is 1.36 bits per heavy atom. The number of nitrogens with zero attached hydrogens (tertiary/aromatic N) is 3. The van der Waals surface area contributed by atoms with Crippen molar-refractivity contribution in [2.75, 3.05) is 26.7 Å². The van der Waals surface area contributed by atoms with E-state index in [4.69, 9.17) is 9.73 Å². The number of likely N-dealkylation sites (tertiary alicyclic amines) is 1. The van der Waals surface area contributed by atoms with Gasteiger partial charge in [-0.15, -0.1) is 0 Å². The van der Waals surface area contributed by atoms with Crippen LogP contribution >= 0.6 is 0 Å². The zero-order valence-electron chi connectivity index (χ0n) is 15.4. The lowest BCUT2D eigenvalue weighted by atomic mass is 9.85. The smallest absolute Gasteiger partial charge is 0.256 e. The fourth-order valence-corrected chi connectivity index (χ4v) is 5.10. The minimum Gasteiger partial charge on any atom is -0.497 e. The molecular formula is C20H27N3O2. The summed E-state index contributed by atoms with van der Waals surface area (Å²) in [6.07, 6.45) is 2.03. The summed E-state index contributed by atoms with van der Waals surface area (Å²) in [6.45, 7) is 7.67. The predicted molar refractivity (Wildman–Crippen MR) is 97.7 cm³/mol. The first kappa shape index (κ1) is 16.6. The first-order chi connectivity index (χ1) is 12.1. The number of carbonyl (C=O) groups is 1. The van der Waals surface area contributed by atoms with E-state index in [1.54, 1.807) is 7.11 Å². The highest BCUT2D eigenvalue weighted by molar-refractivity contribution is 6.07. The summed E-state index contributed by atoms with van der Waals surface area (Å²) in [5.74, 6) is 2.99. The standard InChI is InChI=1S/C20H27N3O2/c1-4-23-14(2)21-20(19(23)24)9-8-16-12-22(13-18(16)20)11-15-6-5-7-17(10-15)25-3/h5-7,10,16,18H,4,8-9,11-13H2,1-3H3/t16-,18+,20-/m1/s1. The van der Waals surface area contributed by atoms with Crippen LogP contribution < -0.4 is 4.74 Å². The normalized spacial score (nSPS) is 31.7. The second-order valence-corrected chi connectivity index (χ2v) is 7.58. The lowest BCUT2D eigenvalue weighted by molar-refractivity contribution is -0.132. The molecule has 3 atom stereocenters. The van der Waals surface area contributed by atoms with Crippen LogP contribution in [0, 0.1) is 11.8 Å². The second kappa shape index (κ2) is 6.13. The molecule has 5 heteroatoms. The summed E-state index contributed by atoms with van der Waals surface area (Å²) in [5, 5.41) is 0. The lowest BCUT2D eigenvalue weighted by Crippen LogP contribution is -2.46. The average molecular weight is 341 g/mol. The monoisotopic (exact) mass is 341 g/mol. The molecule has 0 radical (unpaired) electrons. The third kappa shape index (κ3) is 2.56. The maximum atomic E-state index is 13.0. The van der Waals surface area contributed by atoms with Gasteiger partial charge >= 0.3 is 0 Å². The van der Waals surface area contributed by atoms with Gasteiger partial charge in [-0.3, -0.25) is 19.6 Å². The van der Waals surface area contributed by atoms with Crippen molar-refractivity contribution in [1.29, 1.82) is 0 Å². The van der Waals surface area contributed by atoms with Crippen LogP contribution in [0.2, 0.25) is 0 Å². The van der Waals surface area contributed by atoms with E-state index in [-0.39, 0.29) is 5.91 Å². The van der Waals surface area contributed by atoms with Crippen LogP contribution in [-0.4, -0.2) is 53.8 Å². The van der Waals surface area contributed by atoms with Gasteiger partial charge in [0.05, 0.1) is 7.11 Å². The molecule has 1 amide bonds. The zero-order valence-corrected chi connectivity index (χ0v) is 15.4. The molecule has 1 spiro atoms. The number of hydrogen-bond donors (Lipinski definition) is 0. The highest BCUT2D eigenvalue weighted by atomic mass is 16.5. The van der Waals surface area contributed by atoms with E-state index in [1.165, 1.54) is 5.56 Å². The van der Waals surface area contributed by atoms with Crippen molar-refractivity contribution in [1.82, 2.24) is 9.80 Å². The molecule has 1 aromatic rings. The average Bonchev–Trinajstić information content (AvgIpc) is 3.22. The minimum absolute atomic E-state index is 0.239. The van der Waals surface area contributed by atoms with Gasteiger partial charge in [-0.1, -0.05) is 12.1 Å². The molecule has 1 aliphatic carbocycles. The summed E-state index contributed by atoms with van der Waals surface area (Å²) < 4.78 is 5.33. The van der Waals surface area contributed by atoms with Crippen LogP contribution in [0.3, 0.4) is 0 Å². The van der Waals surface area contributed by atoms with Gasteiger partial charge in [0.2, 0.25) is 0 Å². The van der Waals surface area contributed by atoms with Crippen LogP contribution in [0.5, 0.6) is 5.75 Å². The van der Waals surface area contributed by atoms with Crippen LogP contribution in [-0.2, 0) is 11.3 Å². The Hall–Kier alpha value is -1.88. The molecule has 2 aliphatic heterocycles. The Kier molecular flexibility index (Phi) is 4.07. The van der Waals surface area contributed by atoms with Gasteiger partial charge in [0.25, 0.3) is 5.91 Å². The van der Waals surface area contributed by atoms with Crippen molar-refractivity contribution >= 4 is 11.7 Å². The second-order valence-electron chi connectivity index (χ2n) is 7.58. The first-order valence-corrected chi connectivity index (χ1v) is 9.31. The number of benzene rings is 1. The van der Waals surface area contributed by atoms with Gasteiger partial charge in [0.15, 0.2) is 0 Å². The van der Waals surface area contributed by atoms with E-state index in [9.17, 15) is 4.79 Å². The molecule has 0 N–H and O–H groups in total. The maximum absolute atomic E-state index is 13.0. The quantitative estimate of drug-likeness (QED) is 0.845. The number of amidine groups is 1. The van der Waals surface area contributed by atoms with Gasteiger partial charge < -0.3 is 4.74 Å². The molecule has 5 nitrogen and oxygen atoms in total. The molecular weight excluding hydrogens is 314 g/mol. The third-order valence-corrected chi connectivity index (χ3v) is 6.25. The SMILES string of the molecule is CCN1C(=O)[C@]2(CC[C@@H]3CN(Cc4cccc(OC)c4)C[C@@H]32)N=C1C. The number of carbonyl (C=O) groups excluding carboxylic acids is 1. The Morgan fingerprint density at radius 3 is 2.92 bits per heavy atom. The van der Waals surface area contributed by atoms with Crippen molar-refractivity contribution in [2.45, 2.75) is 38.8 Å². The van der Waals surface area contributed by atoms with Gasteiger partial charge in [0, 0.05) is 32.1 Å². The van der Waals surface area contributed by atoms with Crippen LogP contribution in [0.1, 0.15) is 32.3 Å². The number of ether oxygens (including phenoxy) is 1. The fraction of sp³-hybridized carbons (Fsp3) is 0.600. The molecule has 25 heavy (non-hydrogen) atoms. The number of aliphatic imine (C=N–C) groups is 1. The van der Waals surface area contributed by atoms with Gasteiger partial charge in [-0.05, 0) is 50.3 Å². The summed E-state index contributed by atoms with van der Waals surface area (Å²) >= 11 is 0. The Labute approximate surface area is 149 Å². The zero-order chi connectivity index (χ0) is 17.6. The lowest BCUT2D eigenvalue weighted by Gasteiger charge is -2.28. The number of likely N-dealkylation sites (N-methyl/N-ethyl adjacent to an activating group) is 1. The number of fused-ring (bicyclic) bond motifs is 2. The fourth-order valence-electron chi connectivity index (χ4n) is 5.10. The van der Waals surface area contributed by atoms with Crippen molar-refractivity contribution < 1.29 is 9.53 Å². The Bertz CT molecular complexity index is 717. The van der Waals surface area contributed by atoms with Crippen LogP contribution in [0.15, 0.2) is 29.3 Å². The van der Waals surface area contributed by atoms with E-state index < -0.39 is 5.54 Å². The molecule has 0 aromatic heterocycles. The predicted octanol–water partition coefficient (Wildman–Crippen LogP) is 2.56. The molecule has 134 valence electrons. The van der Waals surface area contributed by atoms with E-state index in [0.29, 0.717) is 11.8 Å². The van der Waals surface area contributed by atoms with Crippen molar-refractivity contribution in [2.24, 2.45) is 16.8 Å². The summed E-state index contributed by atoms with van der Waals surface area (Å²) in [6, 6.07) is 8.27. The van der Waals surface area contributed by atoms with Crippen LogP contribution in [0.25, 0.3) is 0 Å². The molecule has 0 unspecified atom stereocenters. The largest absolute Gasteiger partial charge is 0.497 e. The number of amides is 1.